The molecule has 15 heavy (non-hydrogen) atoms. The molecular weight excluding hydrogens is 200 g/mol. The van der Waals surface area contributed by atoms with Gasteiger partial charge in [0.15, 0.2) is 0 Å². The molecule has 0 amide bonds. The normalized spacial score (nSPS) is 12.1. The van der Waals surface area contributed by atoms with Crippen molar-refractivity contribution in [2.75, 3.05) is 0 Å². The van der Waals surface area contributed by atoms with Crippen molar-refractivity contribution in [3.63, 3.8) is 0 Å². The van der Waals surface area contributed by atoms with Gasteiger partial charge < -0.3 is 0 Å². The minimum Gasteiger partial charge on any atom is -0.127 e. The smallest absolute Gasteiger partial charge is 0.0310 e. The third-order valence-electron chi connectivity index (χ3n) is 1.93. The Kier molecular flexibility index (Phi) is 8.21. The molecule has 0 aliphatic carbocycles. The molecule has 0 saturated carbocycles. The highest BCUT2D eigenvalue weighted by atomic mass is 32.2. The summed E-state index contributed by atoms with van der Waals surface area (Å²) in [5.74, 6) is 0. The van der Waals surface area contributed by atoms with E-state index in [0.717, 1.165) is 0 Å². The fraction of sp³-hybridized carbons (Fsp3) is 0.429. The number of thioether (sulfide) groups is 1. The molecule has 0 aliphatic rings. The van der Waals surface area contributed by atoms with Crippen molar-refractivity contribution in [2.24, 2.45) is 0 Å². The van der Waals surface area contributed by atoms with Crippen LogP contribution in [-0.2, 0) is 0 Å². The zero-order valence-electron chi connectivity index (χ0n) is 10.4. The highest BCUT2D eigenvalue weighted by Gasteiger charge is 2.02. The molecule has 0 spiro atoms. The summed E-state index contributed by atoms with van der Waals surface area (Å²) < 4.78 is 0. The Labute approximate surface area is 98.8 Å². The Morgan fingerprint density at radius 1 is 1.27 bits per heavy atom. The second-order valence-electron chi connectivity index (χ2n) is 3.16. The van der Waals surface area contributed by atoms with Gasteiger partial charge in [0.05, 0.1) is 0 Å². The van der Waals surface area contributed by atoms with Gasteiger partial charge in [-0.05, 0) is 31.7 Å². The first kappa shape index (κ1) is 14.3. The van der Waals surface area contributed by atoms with E-state index in [1.165, 1.54) is 11.1 Å². The molecule has 0 fully saturated rings. The van der Waals surface area contributed by atoms with Crippen LogP contribution in [0.3, 0.4) is 0 Å². The van der Waals surface area contributed by atoms with Crippen molar-refractivity contribution in [3.8, 4) is 0 Å². The average Bonchev–Trinajstić information content (AvgIpc) is 2.28. The molecule has 0 aliphatic heterocycles. The molecule has 0 bridgehead atoms. The van der Waals surface area contributed by atoms with Gasteiger partial charge >= 0.3 is 0 Å². The minimum absolute atomic E-state index is 0.552. The van der Waals surface area contributed by atoms with Crippen LogP contribution in [0.5, 0.6) is 0 Å². The van der Waals surface area contributed by atoms with E-state index < -0.39 is 0 Å². The molecule has 0 heterocycles. The molecule has 1 unspecified atom stereocenters. The van der Waals surface area contributed by atoms with Gasteiger partial charge in [-0.2, -0.15) is 0 Å². The van der Waals surface area contributed by atoms with E-state index in [-0.39, 0.29) is 0 Å². The number of hydrogen-bond donors (Lipinski definition) is 0. The van der Waals surface area contributed by atoms with E-state index in [1.54, 1.807) is 0 Å². The van der Waals surface area contributed by atoms with E-state index >= 15 is 0 Å². The monoisotopic (exact) mass is 222 g/mol. The van der Waals surface area contributed by atoms with Gasteiger partial charge in [-0.25, -0.2) is 0 Å². The summed E-state index contributed by atoms with van der Waals surface area (Å²) in [6, 6.07) is 8.70. The zero-order chi connectivity index (χ0) is 11.7. The summed E-state index contributed by atoms with van der Waals surface area (Å²) >= 11 is 1.86. The van der Waals surface area contributed by atoms with Crippen molar-refractivity contribution in [1.82, 2.24) is 0 Å². The fourth-order valence-corrected chi connectivity index (χ4v) is 1.89. The molecule has 84 valence electrons. The van der Waals surface area contributed by atoms with Gasteiger partial charge in [0.1, 0.15) is 0 Å². The fourth-order valence-electron chi connectivity index (χ4n) is 1.20. The van der Waals surface area contributed by atoms with Crippen LogP contribution in [0.1, 0.15) is 44.1 Å². The maximum Gasteiger partial charge on any atom is 0.0310 e. The van der Waals surface area contributed by atoms with Crippen molar-refractivity contribution in [2.45, 2.75) is 39.9 Å². The molecule has 0 radical (unpaired) electrons. The molecule has 0 N–H and O–H groups in total. The van der Waals surface area contributed by atoms with Crippen LogP contribution in [0.25, 0.3) is 0 Å². The van der Waals surface area contributed by atoms with Crippen LogP contribution in [0.2, 0.25) is 0 Å². The number of rotatable bonds is 3. The van der Waals surface area contributed by atoms with Crippen LogP contribution < -0.4 is 0 Å². The molecular formula is C14H22S. The molecule has 1 rings (SSSR count). The van der Waals surface area contributed by atoms with Gasteiger partial charge in [0.2, 0.25) is 0 Å². The van der Waals surface area contributed by atoms with Crippen molar-refractivity contribution < 1.29 is 0 Å². The molecule has 1 aromatic rings. The average molecular weight is 222 g/mol. The summed E-state index contributed by atoms with van der Waals surface area (Å²) in [7, 11) is 0. The highest BCUT2D eigenvalue weighted by molar-refractivity contribution is 8.02. The topological polar surface area (TPSA) is 0 Å². The SMILES string of the molecule is C/C=C\SC(C)c1cccc(C)c1.CC. The number of benzene rings is 1. The number of aryl methyl sites for hydroxylation is 1. The first-order chi connectivity index (χ1) is 7.24. The zero-order valence-corrected chi connectivity index (χ0v) is 11.3. The Morgan fingerprint density at radius 3 is 2.47 bits per heavy atom. The minimum atomic E-state index is 0.552. The number of allylic oxidation sites excluding steroid dienone is 1. The Hall–Kier alpha value is -0.690. The first-order valence-electron chi connectivity index (χ1n) is 5.57. The second-order valence-corrected chi connectivity index (χ2v) is 4.41. The number of hydrogen-bond acceptors (Lipinski definition) is 1. The lowest BCUT2D eigenvalue weighted by molar-refractivity contribution is 1.10. The largest absolute Gasteiger partial charge is 0.127 e. The van der Waals surface area contributed by atoms with E-state index in [9.17, 15) is 0 Å². The third-order valence-corrected chi connectivity index (χ3v) is 3.04. The van der Waals surface area contributed by atoms with Crippen LogP contribution >= 0.6 is 11.8 Å². The van der Waals surface area contributed by atoms with E-state index in [4.69, 9.17) is 0 Å². The maximum absolute atomic E-state index is 2.25. The predicted molar refractivity (Wildman–Crippen MR) is 73.3 cm³/mol. The summed E-state index contributed by atoms with van der Waals surface area (Å²) in [6.45, 7) is 10.4. The van der Waals surface area contributed by atoms with Gasteiger partial charge in [0, 0.05) is 5.25 Å². The lowest BCUT2D eigenvalue weighted by atomic mass is 10.1. The van der Waals surface area contributed by atoms with Crippen LogP contribution in [0.15, 0.2) is 35.7 Å². The summed E-state index contributed by atoms with van der Waals surface area (Å²) in [5, 5.41) is 2.70. The van der Waals surface area contributed by atoms with Gasteiger partial charge in [0.25, 0.3) is 0 Å². The quantitative estimate of drug-likeness (QED) is 0.664. The van der Waals surface area contributed by atoms with Crippen LogP contribution in [-0.4, -0.2) is 0 Å². The first-order valence-corrected chi connectivity index (χ1v) is 6.51. The van der Waals surface area contributed by atoms with Crippen LogP contribution in [0, 0.1) is 6.92 Å². The highest BCUT2D eigenvalue weighted by Crippen LogP contribution is 2.29. The standard InChI is InChI=1S/C12H16S.C2H6/c1-4-8-13-11(3)12-7-5-6-10(2)9-12;1-2/h4-9,11H,1-3H3;1-2H3/b8-4-;. The Balaban J connectivity index is 0.000000921. The summed E-state index contributed by atoms with van der Waals surface area (Å²) in [4.78, 5) is 0. The third kappa shape index (κ3) is 5.68. The molecule has 1 atom stereocenters. The summed E-state index contributed by atoms with van der Waals surface area (Å²) in [5.41, 5.74) is 2.74. The molecule has 1 aromatic carbocycles. The van der Waals surface area contributed by atoms with Gasteiger partial charge in [-0.1, -0.05) is 49.8 Å². The van der Waals surface area contributed by atoms with Gasteiger partial charge in [-0.3, -0.25) is 0 Å². The summed E-state index contributed by atoms with van der Waals surface area (Å²) in [6.07, 6.45) is 2.08. The molecule has 1 heteroatoms. The van der Waals surface area contributed by atoms with E-state index in [1.807, 2.05) is 25.6 Å². The van der Waals surface area contributed by atoms with E-state index in [2.05, 4.69) is 56.5 Å². The molecule has 0 nitrogen and oxygen atoms in total. The van der Waals surface area contributed by atoms with Crippen molar-refractivity contribution >= 4 is 11.8 Å². The molecule has 0 aromatic heterocycles. The lowest BCUT2D eigenvalue weighted by Gasteiger charge is -2.08. The lowest BCUT2D eigenvalue weighted by Crippen LogP contribution is -1.86. The van der Waals surface area contributed by atoms with E-state index in [0.29, 0.717) is 5.25 Å². The Morgan fingerprint density at radius 2 is 1.93 bits per heavy atom. The van der Waals surface area contributed by atoms with Crippen LogP contribution in [0.4, 0.5) is 0 Å². The van der Waals surface area contributed by atoms with Crippen molar-refractivity contribution in [3.05, 3.63) is 46.9 Å². The molecule has 0 saturated heterocycles. The maximum atomic E-state index is 2.25. The predicted octanol–water partition coefficient (Wildman–Crippen LogP) is 5.35. The Bertz CT molecular complexity index is 289. The van der Waals surface area contributed by atoms with Crippen molar-refractivity contribution in [1.29, 1.82) is 0 Å². The van der Waals surface area contributed by atoms with Gasteiger partial charge in [-0.15, -0.1) is 11.8 Å². The second kappa shape index (κ2) is 8.60.